The highest BCUT2D eigenvalue weighted by atomic mass is 32.2. The molecule has 2 fully saturated rings. The monoisotopic (exact) mass is 341 g/mol. The summed E-state index contributed by atoms with van der Waals surface area (Å²) in [6.45, 7) is 2.16. The lowest BCUT2D eigenvalue weighted by atomic mass is 10.3. The van der Waals surface area contributed by atoms with Gasteiger partial charge in [0.25, 0.3) is 0 Å². The van der Waals surface area contributed by atoms with E-state index >= 15 is 0 Å². The van der Waals surface area contributed by atoms with Crippen LogP contribution in [0.5, 0.6) is 0 Å². The van der Waals surface area contributed by atoms with Crippen LogP contribution in [0.1, 0.15) is 12.8 Å². The number of piperazine rings is 1. The predicted molar refractivity (Wildman–Crippen MR) is 85.0 cm³/mol. The minimum Gasteiger partial charge on any atom is -0.325 e. The first kappa shape index (κ1) is 16.4. The Hall–Kier alpha value is -1.51. The van der Waals surface area contributed by atoms with Crippen molar-refractivity contribution in [2.24, 2.45) is 0 Å². The fourth-order valence-electron chi connectivity index (χ4n) is 2.66. The van der Waals surface area contributed by atoms with E-state index in [1.165, 1.54) is 24.3 Å². The minimum absolute atomic E-state index is 0.184. The van der Waals surface area contributed by atoms with Crippen molar-refractivity contribution in [3.63, 3.8) is 0 Å². The van der Waals surface area contributed by atoms with Crippen molar-refractivity contribution >= 4 is 21.6 Å². The summed E-state index contributed by atoms with van der Waals surface area (Å²) in [7, 11) is -3.12. The van der Waals surface area contributed by atoms with Gasteiger partial charge in [0.05, 0.1) is 11.8 Å². The van der Waals surface area contributed by atoms with E-state index in [-0.39, 0.29) is 23.5 Å². The summed E-state index contributed by atoms with van der Waals surface area (Å²) in [5.74, 6) is -0.536. The molecule has 0 spiro atoms. The molecule has 3 rings (SSSR count). The number of hydrogen-bond acceptors (Lipinski definition) is 4. The Morgan fingerprint density at radius 1 is 1.13 bits per heavy atom. The molecule has 0 atom stereocenters. The summed E-state index contributed by atoms with van der Waals surface area (Å²) < 4.78 is 38.6. The third kappa shape index (κ3) is 4.07. The molecule has 1 saturated heterocycles. The summed E-state index contributed by atoms with van der Waals surface area (Å²) in [6, 6.07) is 5.59. The summed E-state index contributed by atoms with van der Waals surface area (Å²) in [6.07, 6.45) is 1.53. The Balaban J connectivity index is 1.46. The topological polar surface area (TPSA) is 69.7 Å². The number of carbonyl (C=O) groups is 1. The number of carbonyl (C=O) groups excluding carboxylic acids is 1. The predicted octanol–water partition coefficient (Wildman–Crippen LogP) is 0.874. The summed E-state index contributed by atoms with van der Waals surface area (Å²) >= 11 is 0. The zero-order chi connectivity index (χ0) is 16.4. The maximum Gasteiger partial charge on any atom is 0.238 e. The number of hydrogen-bond donors (Lipinski definition) is 1. The number of halogens is 1. The number of amides is 1. The van der Waals surface area contributed by atoms with E-state index in [1.54, 1.807) is 4.31 Å². The van der Waals surface area contributed by atoms with Crippen LogP contribution in [0, 0.1) is 5.82 Å². The van der Waals surface area contributed by atoms with Crippen LogP contribution in [0.2, 0.25) is 0 Å². The Labute approximate surface area is 135 Å². The standard InChI is InChI=1S/C15H20FN3O3S/c16-12-1-3-13(4-2-12)17-15(20)11-18-7-9-19(10-8-18)23(21,22)14-5-6-14/h1-4,14H,5-11H2,(H,17,20). The van der Waals surface area contributed by atoms with Crippen molar-refractivity contribution in [1.29, 1.82) is 0 Å². The number of benzene rings is 1. The van der Waals surface area contributed by atoms with Gasteiger partial charge in [-0.15, -0.1) is 0 Å². The first-order valence-corrected chi connectivity index (χ1v) is 9.22. The van der Waals surface area contributed by atoms with Crippen LogP contribution in [-0.2, 0) is 14.8 Å². The van der Waals surface area contributed by atoms with Gasteiger partial charge in [0, 0.05) is 31.9 Å². The highest BCUT2D eigenvalue weighted by Crippen LogP contribution is 2.31. The molecule has 0 unspecified atom stereocenters. The third-order valence-corrected chi connectivity index (χ3v) is 6.53. The molecule has 1 heterocycles. The molecule has 1 aromatic rings. The summed E-state index contributed by atoms with van der Waals surface area (Å²) in [4.78, 5) is 13.9. The Kier molecular flexibility index (Phi) is 4.65. The van der Waals surface area contributed by atoms with Gasteiger partial charge in [-0.1, -0.05) is 0 Å². The van der Waals surface area contributed by atoms with Gasteiger partial charge in [-0.25, -0.2) is 12.8 Å². The van der Waals surface area contributed by atoms with Crippen molar-refractivity contribution < 1.29 is 17.6 Å². The lowest BCUT2D eigenvalue weighted by Crippen LogP contribution is -2.51. The summed E-state index contributed by atoms with van der Waals surface area (Å²) in [5, 5.41) is 2.52. The van der Waals surface area contributed by atoms with E-state index in [4.69, 9.17) is 0 Å². The average molecular weight is 341 g/mol. The van der Waals surface area contributed by atoms with Gasteiger partial charge < -0.3 is 5.32 Å². The van der Waals surface area contributed by atoms with Crippen LogP contribution in [0.3, 0.4) is 0 Å². The van der Waals surface area contributed by atoms with Gasteiger partial charge in [-0.3, -0.25) is 9.69 Å². The highest BCUT2D eigenvalue weighted by molar-refractivity contribution is 7.90. The summed E-state index contributed by atoms with van der Waals surface area (Å²) in [5.41, 5.74) is 0.548. The van der Waals surface area contributed by atoms with E-state index < -0.39 is 10.0 Å². The first-order chi connectivity index (χ1) is 10.9. The van der Waals surface area contributed by atoms with Crippen molar-refractivity contribution in [2.75, 3.05) is 38.0 Å². The van der Waals surface area contributed by atoms with Gasteiger partial charge in [0.2, 0.25) is 15.9 Å². The number of nitrogens with zero attached hydrogens (tertiary/aromatic N) is 2. The van der Waals surface area contributed by atoms with Gasteiger partial charge in [0.1, 0.15) is 5.82 Å². The zero-order valence-electron chi connectivity index (χ0n) is 12.7. The van der Waals surface area contributed by atoms with E-state index in [9.17, 15) is 17.6 Å². The molecule has 126 valence electrons. The molecule has 1 aliphatic heterocycles. The van der Waals surface area contributed by atoms with E-state index in [0.717, 1.165) is 12.8 Å². The smallest absolute Gasteiger partial charge is 0.238 e. The molecule has 1 saturated carbocycles. The fraction of sp³-hybridized carbons (Fsp3) is 0.533. The van der Waals surface area contributed by atoms with Crippen LogP contribution in [0.15, 0.2) is 24.3 Å². The molecule has 6 nitrogen and oxygen atoms in total. The second-order valence-corrected chi connectivity index (χ2v) is 8.19. The SMILES string of the molecule is O=C(CN1CCN(S(=O)(=O)C2CC2)CC1)Nc1ccc(F)cc1. The number of rotatable bonds is 5. The van der Waals surface area contributed by atoms with Gasteiger partial charge in [0.15, 0.2) is 0 Å². The quantitative estimate of drug-likeness (QED) is 0.863. The molecule has 1 aliphatic carbocycles. The van der Waals surface area contributed by atoms with Crippen molar-refractivity contribution in [2.45, 2.75) is 18.1 Å². The fourth-order valence-corrected chi connectivity index (χ4v) is 4.48. The molecule has 1 aromatic carbocycles. The average Bonchev–Trinajstić information content (AvgIpc) is 3.35. The van der Waals surface area contributed by atoms with Crippen molar-refractivity contribution in [3.8, 4) is 0 Å². The molecule has 1 amide bonds. The van der Waals surface area contributed by atoms with Crippen LogP contribution in [0.4, 0.5) is 10.1 Å². The number of nitrogens with one attached hydrogen (secondary N) is 1. The Morgan fingerprint density at radius 2 is 1.74 bits per heavy atom. The van der Waals surface area contributed by atoms with Crippen molar-refractivity contribution in [1.82, 2.24) is 9.21 Å². The largest absolute Gasteiger partial charge is 0.325 e. The molecular formula is C15H20FN3O3S. The van der Waals surface area contributed by atoms with Crippen LogP contribution in [-0.4, -0.2) is 61.5 Å². The van der Waals surface area contributed by atoms with Crippen LogP contribution < -0.4 is 5.32 Å². The second kappa shape index (κ2) is 6.54. The molecule has 0 radical (unpaired) electrons. The molecule has 0 aromatic heterocycles. The molecule has 2 aliphatic rings. The maximum atomic E-state index is 12.8. The minimum atomic E-state index is -3.12. The van der Waals surface area contributed by atoms with E-state index in [1.807, 2.05) is 4.90 Å². The molecule has 1 N–H and O–H groups in total. The highest BCUT2D eigenvalue weighted by Gasteiger charge is 2.40. The maximum absolute atomic E-state index is 12.8. The molecule has 23 heavy (non-hydrogen) atoms. The molecular weight excluding hydrogens is 321 g/mol. The molecule has 0 bridgehead atoms. The second-order valence-electron chi connectivity index (χ2n) is 5.97. The lowest BCUT2D eigenvalue weighted by molar-refractivity contribution is -0.117. The lowest BCUT2D eigenvalue weighted by Gasteiger charge is -2.33. The molecule has 8 heteroatoms. The van der Waals surface area contributed by atoms with Crippen molar-refractivity contribution in [3.05, 3.63) is 30.1 Å². The van der Waals surface area contributed by atoms with Crippen LogP contribution >= 0.6 is 0 Å². The van der Waals surface area contributed by atoms with E-state index in [2.05, 4.69) is 5.32 Å². The number of sulfonamides is 1. The Morgan fingerprint density at radius 3 is 2.30 bits per heavy atom. The zero-order valence-corrected chi connectivity index (χ0v) is 13.6. The van der Waals surface area contributed by atoms with Gasteiger partial charge in [-0.2, -0.15) is 4.31 Å². The van der Waals surface area contributed by atoms with Gasteiger partial charge in [-0.05, 0) is 37.1 Å². The Bertz CT molecular complexity index is 666. The normalized spacial score (nSPS) is 20.4. The first-order valence-electron chi connectivity index (χ1n) is 7.72. The van der Waals surface area contributed by atoms with Gasteiger partial charge >= 0.3 is 0 Å². The van der Waals surface area contributed by atoms with Crippen LogP contribution in [0.25, 0.3) is 0 Å². The van der Waals surface area contributed by atoms with E-state index in [0.29, 0.717) is 31.9 Å². The number of anilines is 1. The third-order valence-electron chi connectivity index (χ3n) is 4.13.